The van der Waals surface area contributed by atoms with Gasteiger partial charge in [-0.25, -0.2) is 0 Å². The van der Waals surface area contributed by atoms with Gasteiger partial charge in [-0.05, 0) is 36.6 Å². The number of carbonyl (C=O) groups excluding carboxylic acids is 1. The van der Waals surface area contributed by atoms with Crippen molar-refractivity contribution in [2.75, 3.05) is 7.11 Å². The zero-order chi connectivity index (χ0) is 12.3. The van der Waals surface area contributed by atoms with E-state index < -0.39 is 0 Å². The second-order valence-corrected chi connectivity index (χ2v) is 3.88. The van der Waals surface area contributed by atoms with Gasteiger partial charge in [0.05, 0.1) is 7.11 Å². The Morgan fingerprint density at radius 2 is 2.00 bits per heavy atom. The monoisotopic (exact) mass is 222 g/mol. The molecule has 1 atom stereocenters. The van der Waals surface area contributed by atoms with Crippen molar-refractivity contribution in [1.29, 1.82) is 0 Å². The summed E-state index contributed by atoms with van der Waals surface area (Å²) in [5.74, 6) is 0.438. The predicted octanol–water partition coefficient (Wildman–Crippen LogP) is 1.19. The highest BCUT2D eigenvalue weighted by atomic mass is 16.5. The Balaban J connectivity index is 3.06. The molecule has 0 aliphatic heterocycles. The lowest BCUT2D eigenvalue weighted by Crippen LogP contribution is -2.21. The molecular weight excluding hydrogens is 204 g/mol. The SMILES string of the molecule is COc1ccc(C(N)CC(N)=O)c(C)c1C. The van der Waals surface area contributed by atoms with E-state index in [1.54, 1.807) is 7.11 Å². The molecule has 0 fully saturated rings. The molecule has 1 unspecified atom stereocenters. The van der Waals surface area contributed by atoms with E-state index in [0.29, 0.717) is 0 Å². The molecule has 1 amide bonds. The molecule has 4 N–H and O–H groups in total. The van der Waals surface area contributed by atoms with Crippen molar-refractivity contribution in [3.8, 4) is 5.75 Å². The van der Waals surface area contributed by atoms with Crippen LogP contribution in [0.15, 0.2) is 12.1 Å². The van der Waals surface area contributed by atoms with Crippen molar-refractivity contribution in [2.45, 2.75) is 26.3 Å². The van der Waals surface area contributed by atoms with Crippen LogP contribution in [0.1, 0.15) is 29.2 Å². The summed E-state index contributed by atoms with van der Waals surface area (Å²) in [7, 11) is 1.63. The van der Waals surface area contributed by atoms with Gasteiger partial charge in [-0.1, -0.05) is 6.07 Å². The molecule has 0 saturated carbocycles. The molecule has 0 saturated heterocycles. The number of primary amides is 1. The van der Waals surface area contributed by atoms with Gasteiger partial charge in [0.2, 0.25) is 5.91 Å². The fourth-order valence-electron chi connectivity index (χ4n) is 1.77. The van der Waals surface area contributed by atoms with Crippen LogP contribution in [-0.4, -0.2) is 13.0 Å². The molecule has 0 spiro atoms. The Bertz CT molecular complexity index is 402. The standard InChI is InChI=1S/C12H18N2O2/c1-7-8(2)11(16-3)5-4-9(7)10(13)6-12(14)15/h4-5,10H,6,13H2,1-3H3,(H2,14,15). The second kappa shape index (κ2) is 4.99. The topological polar surface area (TPSA) is 78.3 Å². The molecule has 1 aromatic rings. The first-order valence-corrected chi connectivity index (χ1v) is 5.15. The molecule has 4 heteroatoms. The number of ether oxygens (including phenoxy) is 1. The zero-order valence-electron chi connectivity index (χ0n) is 9.91. The van der Waals surface area contributed by atoms with Crippen LogP contribution in [0.4, 0.5) is 0 Å². The number of rotatable bonds is 4. The summed E-state index contributed by atoms with van der Waals surface area (Å²) < 4.78 is 5.21. The van der Waals surface area contributed by atoms with Gasteiger partial charge in [-0.15, -0.1) is 0 Å². The zero-order valence-corrected chi connectivity index (χ0v) is 9.91. The Labute approximate surface area is 95.6 Å². The maximum atomic E-state index is 10.8. The summed E-state index contributed by atoms with van der Waals surface area (Å²) in [6.45, 7) is 3.93. The third kappa shape index (κ3) is 2.52. The van der Waals surface area contributed by atoms with Crippen molar-refractivity contribution in [3.63, 3.8) is 0 Å². The van der Waals surface area contributed by atoms with E-state index in [-0.39, 0.29) is 18.4 Å². The van der Waals surface area contributed by atoms with Crippen molar-refractivity contribution < 1.29 is 9.53 Å². The van der Waals surface area contributed by atoms with Crippen molar-refractivity contribution in [3.05, 3.63) is 28.8 Å². The predicted molar refractivity (Wildman–Crippen MR) is 63.2 cm³/mol. The maximum Gasteiger partial charge on any atom is 0.219 e. The highest BCUT2D eigenvalue weighted by Crippen LogP contribution is 2.27. The van der Waals surface area contributed by atoms with E-state index in [4.69, 9.17) is 16.2 Å². The lowest BCUT2D eigenvalue weighted by atomic mass is 9.95. The second-order valence-electron chi connectivity index (χ2n) is 3.88. The van der Waals surface area contributed by atoms with Crippen LogP contribution in [0.25, 0.3) is 0 Å². The van der Waals surface area contributed by atoms with Gasteiger partial charge in [-0.2, -0.15) is 0 Å². The summed E-state index contributed by atoms with van der Waals surface area (Å²) >= 11 is 0. The van der Waals surface area contributed by atoms with Gasteiger partial charge >= 0.3 is 0 Å². The van der Waals surface area contributed by atoms with Crippen LogP contribution < -0.4 is 16.2 Å². The molecule has 1 rings (SSSR count). The minimum atomic E-state index is -0.389. The third-order valence-corrected chi connectivity index (χ3v) is 2.82. The first-order chi connectivity index (χ1) is 7.47. The van der Waals surface area contributed by atoms with Gasteiger partial charge < -0.3 is 16.2 Å². The number of amides is 1. The third-order valence-electron chi connectivity index (χ3n) is 2.82. The van der Waals surface area contributed by atoms with E-state index in [1.807, 2.05) is 26.0 Å². The smallest absolute Gasteiger partial charge is 0.219 e. The van der Waals surface area contributed by atoms with Crippen molar-refractivity contribution in [2.24, 2.45) is 11.5 Å². The molecule has 1 aromatic carbocycles. The molecule has 0 aliphatic carbocycles. The van der Waals surface area contributed by atoms with E-state index in [2.05, 4.69) is 0 Å². The van der Waals surface area contributed by atoms with Gasteiger partial charge in [0.1, 0.15) is 5.75 Å². The highest BCUT2D eigenvalue weighted by molar-refractivity contribution is 5.74. The van der Waals surface area contributed by atoms with E-state index in [0.717, 1.165) is 22.4 Å². The fraction of sp³-hybridized carbons (Fsp3) is 0.417. The molecule has 0 radical (unpaired) electrons. The van der Waals surface area contributed by atoms with E-state index in [1.165, 1.54) is 0 Å². The molecular formula is C12H18N2O2. The van der Waals surface area contributed by atoms with Crippen LogP contribution >= 0.6 is 0 Å². The molecule has 16 heavy (non-hydrogen) atoms. The summed E-state index contributed by atoms with van der Waals surface area (Å²) in [6, 6.07) is 3.40. The lowest BCUT2D eigenvalue weighted by molar-refractivity contribution is -0.118. The van der Waals surface area contributed by atoms with Crippen molar-refractivity contribution >= 4 is 5.91 Å². The normalized spacial score (nSPS) is 12.2. The highest BCUT2D eigenvalue weighted by Gasteiger charge is 2.14. The van der Waals surface area contributed by atoms with Crippen LogP contribution in [-0.2, 0) is 4.79 Å². The molecule has 4 nitrogen and oxygen atoms in total. The quantitative estimate of drug-likeness (QED) is 0.803. The Hall–Kier alpha value is -1.55. The van der Waals surface area contributed by atoms with Crippen LogP contribution in [0.5, 0.6) is 5.75 Å². The number of hydrogen-bond acceptors (Lipinski definition) is 3. The minimum absolute atomic E-state index is 0.159. The van der Waals surface area contributed by atoms with E-state index in [9.17, 15) is 4.79 Å². The molecule has 88 valence electrons. The number of methoxy groups -OCH3 is 1. The summed E-state index contributed by atoms with van der Waals surface area (Å²) in [5.41, 5.74) is 14.1. The number of benzene rings is 1. The fourth-order valence-corrected chi connectivity index (χ4v) is 1.77. The van der Waals surface area contributed by atoms with Crippen LogP contribution in [0.2, 0.25) is 0 Å². The Morgan fingerprint density at radius 1 is 1.38 bits per heavy atom. The van der Waals surface area contributed by atoms with Crippen LogP contribution in [0, 0.1) is 13.8 Å². The Kier molecular flexibility index (Phi) is 3.90. The van der Waals surface area contributed by atoms with Gasteiger partial charge in [0, 0.05) is 12.5 Å². The van der Waals surface area contributed by atoms with Gasteiger partial charge in [0.25, 0.3) is 0 Å². The average Bonchev–Trinajstić information content (AvgIpc) is 2.20. The average molecular weight is 222 g/mol. The van der Waals surface area contributed by atoms with E-state index >= 15 is 0 Å². The molecule has 0 heterocycles. The number of hydrogen-bond donors (Lipinski definition) is 2. The Morgan fingerprint density at radius 3 is 2.50 bits per heavy atom. The molecule has 0 bridgehead atoms. The largest absolute Gasteiger partial charge is 0.496 e. The van der Waals surface area contributed by atoms with Crippen molar-refractivity contribution in [1.82, 2.24) is 0 Å². The first kappa shape index (κ1) is 12.5. The molecule has 0 aliphatic rings. The van der Waals surface area contributed by atoms with Gasteiger partial charge in [-0.3, -0.25) is 4.79 Å². The molecule has 0 aromatic heterocycles. The van der Waals surface area contributed by atoms with Crippen LogP contribution in [0.3, 0.4) is 0 Å². The summed E-state index contributed by atoms with van der Waals surface area (Å²) in [5, 5.41) is 0. The number of nitrogens with two attached hydrogens (primary N) is 2. The summed E-state index contributed by atoms with van der Waals surface area (Å²) in [4.78, 5) is 10.8. The number of carbonyl (C=O) groups is 1. The van der Waals surface area contributed by atoms with Gasteiger partial charge in [0.15, 0.2) is 0 Å². The summed E-state index contributed by atoms with van der Waals surface area (Å²) in [6.07, 6.45) is 0.159. The maximum absolute atomic E-state index is 10.8. The minimum Gasteiger partial charge on any atom is -0.496 e. The lowest BCUT2D eigenvalue weighted by Gasteiger charge is -2.16. The first-order valence-electron chi connectivity index (χ1n) is 5.15.